The summed E-state index contributed by atoms with van der Waals surface area (Å²) in [6.45, 7) is 4.81. The summed E-state index contributed by atoms with van der Waals surface area (Å²) < 4.78 is 13.2. The standard InChI is InChI=1S/C15H19FN2S/c1-3-17-10-14-7-8-15(19-14)11-18(2)13-6-4-5-12(16)9-13/h4-9,17H,3,10-11H2,1-2H3. The topological polar surface area (TPSA) is 15.3 Å². The zero-order chi connectivity index (χ0) is 13.7. The van der Waals surface area contributed by atoms with Crippen molar-refractivity contribution in [3.8, 4) is 0 Å². The molecule has 1 N–H and O–H groups in total. The van der Waals surface area contributed by atoms with Gasteiger partial charge in [-0.05, 0) is 36.9 Å². The zero-order valence-corrected chi connectivity index (χ0v) is 12.1. The van der Waals surface area contributed by atoms with Gasteiger partial charge in [-0.25, -0.2) is 4.39 Å². The van der Waals surface area contributed by atoms with Gasteiger partial charge in [0, 0.05) is 29.0 Å². The third kappa shape index (κ3) is 4.04. The maximum Gasteiger partial charge on any atom is 0.125 e. The van der Waals surface area contributed by atoms with Gasteiger partial charge in [-0.2, -0.15) is 0 Å². The number of nitrogens with zero attached hydrogens (tertiary/aromatic N) is 1. The van der Waals surface area contributed by atoms with Crippen molar-refractivity contribution in [2.45, 2.75) is 20.0 Å². The minimum Gasteiger partial charge on any atom is -0.369 e. The Morgan fingerprint density at radius 2 is 2.00 bits per heavy atom. The highest BCUT2D eigenvalue weighted by Gasteiger charge is 2.05. The van der Waals surface area contributed by atoms with E-state index in [1.165, 1.54) is 15.8 Å². The van der Waals surface area contributed by atoms with E-state index in [0.29, 0.717) is 0 Å². The lowest BCUT2D eigenvalue weighted by molar-refractivity contribution is 0.627. The van der Waals surface area contributed by atoms with Gasteiger partial charge >= 0.3 is 0 Å². The molecule has 0 bridgehead atoms. The molecule has 0 aliphatic heterocycles. The lowest BCUT2D eigenvalue weighted by atomic mass is 10.3. The van der Waals surface area contributed by atoms with Crippen LogP contribution in [0.3, 0.4) is 0 Å². The highest BCUT2D eigenvalue weighted by Crippen LogP contribution is 2.21. The minimum atomic E-state index is -0.191. The molecule has 1 aromatic carbocycles. The number of benzene rings is 1. The van der Waals surface area contributed by atoms with Gasteiger partial charge in [-0.3, -0.25) is 0 Å². The van der Waals surface area contributed by atoms with Crippen molar-refractivity contribution in [3.05, 3.63) is 52.0 Å². The van der Waals surface area contributed by atoms with Crippen LogP contribution in [0.25, 0.3) is 0 Å². The predicted molar refractivity (Wildman–Crippen MR) is 80.2 cm³/mol. The predicted octanol–water partition coefficient (Wildman–Crippen LogP) is 3.63. The zero-order valence-electron chi connectivity index (χ0n) is 11.3. The highest BCUT2D eigenvalue weighted by atomic mass is 32.1. The first kappa shape index (κ1) is 14.0. The molecule has 0 unspecified atom stereocenters. The molecule has 0 aliphatic rings. The molecule has 2 nitrogen and oxygen atoms in total. The first-order valence-corrected chi connectivity index (χ1v) is 7.25. The molecule has 0 radical (unpaired) electrons. The molecule has 0 aliphatic carbocycles. The van der Waals surface area contributed by atoms with Crippen molar-refractivity contribution in [3.63, 3.8) is 0 Å². The van der Waals surface area contributed by atoms with Gasteiger partial charge in [-0.1, -0.05) is 13.0 Å². The van der Waals surface area contributed by atoms with Crippen molar-refractivity contribution in [2.75, 3.05) is 18.5 Å². The van der Waals surface area contributed by atoms with E-state index in [1.54, 1.807) is 23.5 Å². The molecule has 0 saturated carbocycles. The van der Waals surface area contributed by atoms with Crippen molar-refractivity contribution >= 4 is 17.0 Å². The van der Waals surface area contributed by atoms with E-state index < -0.39 is 0 Å². The number of hydrogen-bond donors (Lipinski definition) is 1. The van der Waals surface area contributed by atoms with Crippen LogP contribution in [0.1, 0.15) is 16.7 Å². The summed E-state index contributed by atoms with van der Waals surface area (Å²) in [6, 6.07) is 11.0. The van der Waals surface area contributed by atoms with Crippen LogP contribution in [-0.2, 0) is 13.1 Å². The quantitative estimate of drug-likeness (QED) is 0.868. The molecule has 1 heterocycles. The molecular weight excluding hydrogens is 259 g/mol. The maximum absolute atomic E-state index is 13.2. The number of hydrogen-bond acceptors (Lipinski definition) is 3. The average molecular weight is 278 g/mol. The van der Waals surface area contributed by atoms with Gasteiger partial charge in [0.2, 0.25) is 0 Å². The fourth-order valence-corrected chi connectivity index (χ4v) is 2.93. The molecule has 19 heavy (non-hydrogen) atoms. The Morgan fingerprint density at radius 1 is 1.21 bits per heavy atom. The van der Waals surface area contributed by atoms with Crippen molar-refractivity contribution in [1.29, 1.82) is 0 Å². The van der Waals surface area contributed by atoms with Gasteiger partial charge < -0.3 is 10.2 Å². The Morgan fingerprint density at radius 3 is 2.74 bits per heavy atom. The molecule has 0 atom stereocenters. The second-order valence-corrected chi connectivity index (χ2v) is 5.74. The van der Waals surface area contributed by atoms with E-state index in [9.17, 15) is 4.39 Å². The monoisotopic (exact) mass is 278 g/mol. The number of thiophene rings is 1. The van der Waals surface area contributed by atoms with E-state index in [4.69, 9.17) is 0 Å². The Labute approximate surface area is 117 Å². The van der Waals surface area contributed by atoms with E-state index in [1.807, 2.05) is 13.1 Å². The van der Waals surface area contributed by atoms with Gasteiger partial charge in [0.05, 0.1) is 6.54 Å². The number of anilines is 1. The van der Waals surface area contributed by atoms with Crippen LogP contribution in [-0.4, -0.2) is 13.6 Å². The van der Waals surface area contributed by atoms with Crippen LogP contribution in [0.4, 0.5) is 10.1 Å². The van der Waals surface area contributed by atoms with Crippen LogP contribution in [0.2, 0.25) is 0 Å². The summed E-state index contributed by atoms with van der Waals surface area (Å²) in [4.78, 5) is 4.69. The third-order valence-electron chi connectivity index (χ3n) is 2.91. The van der Waals surface area contributed by atoms with E-state index in [2.05, 4.69) is 29.3 Å². The van der Waals surface area contributed by atoms with Crippen LogP contribution < -0.4 is 10.2 Å². The smallest absolute Gasteiger partial charge is 0.125 e. The van der Waals surface area contributed by atoms with Crippen molar-refractivity contribution < 1.29 is 4.39 Å². The Bertz CT molecular complexity index is 524. The Kier molecular flexibility index (Phi) is 4.93. The largest absolute Gasteiger partial charge is 0.369 e. The summed E-state index contributed by atoms with van der Waals surface area (Å²) in [6.07, 6.45) is 0. The third-order valence-corrected chi connectivity index (χ3v) is 3.98. The molecule has 102 valence electrons. The second-order valence-electron chi connectivity index (χ2n) is 4.48. The van der Waals surface area contributed by atoms with Crippen LogP contribution >= 0.6 is 11.3 Å². The molecule has 2 aromatic rings. The van der Waals surface area contributed by atoms with Crippen LogP contribution in [0.5, 0.6) is 0 Å². The van der Waals surface area contributed by atoms with Crippen molar-refractivity contribution in [1.82, 2.24) is 5.32 Å². The summed E-state index contributed by atoms with van der Waals surface area (Å²) in [5, 5.41) is 3.32. The number of nitrogens with one attached hydrogen (secondary N) is 1. The fraction of sp³-hybridized carbons (Fsp3) is 0.333. The molecular formula is C15H19FN2S. The maximum atomic E-state index is 13.2. The van der Waals surface area contributed by atoms with Crippen LogP contribution in [0, 0.1) is 5.82 Å². The highest BCUT2D eigenvalue weighted by molar-refractivity contribution is 7.12. The molecule has 0 saturated heterocycles. The molecule has 1 aromatic heterocycles. The van der Waals surface area contributed by atoms with Gasteiger partial charge in [0.25, 0.3) is 0 Å². The lowest BCUT2D eigenvalue weighted by Crippen LogP contribution is -2.15. The SMILES string of the molecule is CCNCc1ccc(CN(C)c2cccc(F)c2)s1. The molecule has 0 amide bonds. The van der Waals surface area contributed by atoms with Gasteiger partial charge in [-0.15, -0.1) is 11.3 Å². The first-order chi connectivity index (χ1) is 9.19. The average Bonchev–Trinajstić information content (AvgIpc) is 2.84. The normalized spacial score (nSPS) is 10.7. The van der Waals surface area contributed by atoms with E-state index >= 15 is 0 Å². The summed E-state index contributed by atoms with van der Waals surface area (Å²) in [7, 11) is 1.98. The van der Waals surface area contributed by atoms with E-state index in [-0.39, 0.29) is 5.82 Å². The second kappa shape index (κ2) is 6.68. The minimum absolute atomic E-state index is 0.191. The van der Waals surface area contributed by atoms with Gasteiger partial charge in [0.1, 0.15) is 5.82 Å². The summed E-state index contributed by atoms with van der Waals surface area (Å²) >= 11 is 1.80. The summed E-state index contributed by atoms with van der Waals surface area (Å²) in [5.74, 6) is -0.191. The Balaban J connectivity index is 1.98. The molecule has 0 spiro atoms. The Hall–Kier alpha value is -1.39. The number of halogens is 1. The number of rotatable bonds is 6. The van der Waals surface area contributed by atoms with Gasteiger partial charge in [0.15, 0.2) is 0 Å². The first-order valence-electron chi connectivity index (χ1n) is 6.44. The van der Waals surface area contributed by atoms with Crippen LogP contribution in [0.15, 0.2) is 36.4 Å². The summed E-state index contributed by atoms with van der Waals surface area (Å²) in [5.41, 5.74) is 0.904. The van der Waals surface area contributed by atoms with Crippen molar-refractivity contribution in [2.24, 2.45) is 0 Å². The molecule has 2 rings (SSSR count). The molecule has 0 fully saturated rings. The van der Waals surface area contributed by atoms with E-state index in [0.717, 1.165) is 25.3 Å². The lowest BCUT2D eigenvalue weighted by Gasteiger charge is -2.18. The fourth-order valence-electron chi connectivity index (χ4n) is 1.89. The molecule has 4 heteroatoms.